The fourth-order valence-electron chi connectivity index (χ4n) is 5.68. The SMILES string of the molecule is C#CC1C[C@@H]1CO.C#C[Si](C)(C)C.C#Cc1ccc(C(C)=O)cc1.CC(=O)c1ccc(Br)cc1.CC(=O)c1ccc(C#CBr)cc1.CC(=O)c1ccc(C#CC#CC2C[C@@H]2CO)cc1.CC(=O)c1ccc(C#C[Si](C)(C)C)cc1.CO.O=[N+]([O-])O.[Ag].[B]=NS.[K+].[OH-]. The fourth-order valence-corrected chi connectivity index (χ4v) is 6.69. The summed E-state index contributed by atoms with van der Waals surface area (Å²) in [7, 11) is 2.93. The molecule has 14 nitrogen and oxygen atoms in total. The summed E-state index contributed by atoms with van der Waals surface area (Å²) in [4.78, 5) is 65.5. The van der Waals surface area contributed by atoms with Gasteiger partial charge in [-0.3, -0.25) is 24.0 Å². The maximum absolute atomic E-state index is 11.1. The summed E-state index contributed by atoms with van der Waals surface area (Å²) in [5.41, 5.74) is 13.2. The molecule has 478 valence electrons. The number of hydrogen-bond donors (Lipinski definition) is 5. The molecule has 4 atom stereocenters. The van der Waals surface area contributed by atoms with Gasteiger partial charge in [0, 0.05) is 125 Å². The Labute approximate surface area is 622 Å². The quantitative estimate of drug-likeness (QED) is 0.0255. The van der Waals surface area contributed by atoms with Gasteiger partial charge in [-0.05, 0) is 137 Å². The number of nitrogens with zero attached hydrogens (tertiary/aromatic N) is 2. The van der Waals surface area contributed by atoms with Crippen LogP contribution in [0.5, 0.6) is 0 Å². The molecular weight excluding hydrogens is 1450 g/mol. The molecule has 5 N–H and O–H groups in total. The van der Waals surface area contributed by atoms with E-state index in [2.05, 4.69) is 159 Å². The first-order valence-electron chi connectivity index (χ1n) is 26.7. The predicted octanol–water partition coefficient (Wildman–Crippen LogP) is 10.1. The summed E-state index contributed by atoms with van der Waals surface area (Å²) < 4.78 is 3.69. The number of carbonyl (C=O) groups is 5. The molecule has 0 bridgehead atoms. The number of terminal acetylenes is 3. The van der Waals surface area contributed by atoms with Gasteiger partial charge in [-0.1, -0.05) is 145 Å². The van der Waals surface area contributed by atoms with Gasteiger partial charge in [0.2, 0.25) is 0 Å². The molecule has 2 fully saturated rings. The Morgan fingerprint density at radius 1 is 0.593 bits per heavy atom. The summed E-state index contributed by atoms with van der Waals surface area (Å²) in [5, 5.41) is 37.9. The third kappa shape index (κ3) is 53.6. The van der Waals surface area contributed by atoms with Crippen LogP contribution in [0.3, 0.4) is 0 Å². The zero-order valence-electron chi connectivity index (χ0n) is 53.5. The molecule has 0 amide bonds. The van der Waals surface area contributed by atoms with Crippen molar-refractivity contribution in [2.45, 2.75) is 86.7 Å². The first-order chi connectivity index (χ1) is 41.3. The molecule has 0 spiro atoms. The molecule has 7 rings (SSSR count). The minimum absolute atomic E-state index is 0. The molecule has 5 aromatic rings. The molecule has 2 saturated carbocycles. The molecule has 0 aromatic heterocycles. The van der Waals surface area contributed by atoms with Crippen molar-refractivity contribution in [3.63, 3.8) is 0 Å². The smallest absolute Gasteiger partial charge is 0.870 e. The van der Waals surface area contributed by atoms with Crippen molar-refractivity contribution < 1.29 is 129 Å². The summed E-state index contributed by atoms with van der Waals surface area (Å²) in [6.45, 7) is 21.3. The van der Waals surface area contributed by atoms with Crippen molar-refractivity contribution in [1.29, 1.82) is 0 Å². The van der Waals surface area contributed by atoms with Gasteiger partial charge < -0.3 is 26.0 Å². The van der Waals surface area contributed by atoms with E-state index in [9.17, 15) is 24.0 Å². The number of ketones is 5. The van der Waals surface area contributed by atoms with E-state index in [4.69, 9.17) is 49.9 Å². The zero-order valence-corrected chi connectivity index (χ0v) is 64.2. The largest absolute Gasteiger partial charge is 1.00 e. The molecule has 2 aliphatic rings. The number of aliphatic hydroxyl groups excluding tert-OH is 3. The first-order valence-corrected chi connectivity index (χ1v) is 35.7. The van der Waals surface area contributed by atoms with Gasteiger partial charge in [-0.25, -0.2) is 0 Å². The number of aliphatic hydroxyl groups is 3. The van der Waals surface area contributed by atoms with Crippen LogP contribution in [0.2, 0.25) is 39.3 Å². The second-order valence-electron chi connectivity index (χ2n) is 20.5. The van der Waals surface area contributed by atoms with Crippen LogP contribution in [-0.4, -0.2) is 104 Å². The minimum atomic E-state index is -1.50. The summed E-state index contributed by atoms with van der Waals surface area (Å²) in [5.74, 6) is 24.5. The van der Waals surface area contributed by atoms with E-state index >= 15 is 0 Å². The van der Waals surface area contributed by atoms with Crippen molar-refractivity contribution >= 4 is 97.4 Å². The number of Topliss-reactive ketones (excluding diaryl/α,β-unsaturated/α-hetero) is 5. The molecule has 2 aliphatic carbocycles. The Morgan fingerprint density at radius 2 is 0.868 bits per heavy atom. The summed E-state index contributed by atoms with van der Waals surface area (Å²) >= 11 is 9.48. The molecule has 91 heavy (non-hydrogen) atoms. The Bertz CT molecular complexity index is 3420. The molecule has 0 aliphatic heterocycles. The van der Waals surface area contributed by atoms with Gasteiger partial charge in [0.05, 0.1) is 0 Å². The molecule has 5 aromatic carbocycles. The van der Waals surface area contributed by atoms with Crippen LogP contribution in [0.25, 0.3) is 0 Å². The number of halogens is 2. The number of benzene rings is 5. The standard InChI is InChI=1S/C16H14O2.C13H16OSi.C10H7BrO.C10H8O.C8H7BrO.C6H8O.C5H10Si.CH4O.Ag.BHNS.K.HNO3.H2O/c1-12(18)14-8-6-13(7-9-14)4-2-3-5-15-10-16(15)11-17;1-11(14)13-7-5-12(6-8-13)9-10-15(2,3)4;1-8(12)10-4-2-9(3-5-10)6-7-11;1-3-9-4-6-10(7-5-9)8(2)11;1-6(10)7-2-4-8(9)5-3-7;1-2-5-3-6(5)4-7;1-5-6(2,3)4;1-2;;1-2-3;;2-1(3)4;/h6-9,15-17H,10-11H2,1H3;5-8H,1-4H3;2-5H,1H3;1,4-7H,2H3;2-5H,1H3;1,5-7H,3-4H2;1H,2-4H3;2H,1H3;;3H;;(H,2,3,4);1H2/q;;;;;;;;;;+1;;/p-1/t15?,16-;;;;;5?,6-;;;;;;;/m1....1......./s1. The number of hydrogen-bond acceptors (Lipinski definition) is 13. The average molecular weight is 1530 g/mol. The van der Waals surface area contributed by atoms with Crippen LogP contribution >= 0.6 is 44.7 Å². The van der Waals surface area contributed by atoms with Crippen molar-refractivity contribution in [3.8, 4) is 82.6 Å². The predicted molar refractivity (Wildman–Crippen MR) is 373 cm³/mol. The van der Waals surface area contributed by atoms with Crippen molar-refractivity contribution in [2.75, 3.05) is 20.3 Å². The van der Waals surface area contributed by atoms with E-state index in [0.717, 1.165) is 63.4 Å². The van der Waals surface area contributed by atoms with Gasteiger partial charge in [-0.2, -0.15) is 0 Å². The van der Waals surface area contributed by atoms with Crippen LogP contribution in [0.15, 0.2) is 130 Å². The number of rotatable bonds is 7. The number of carbonyl (C=O) groups excluding carboxylic acids is 5. The van der Waals surface area contributed by atoms with Crippen molar-refractivity contribution in [1.82, 2.24) is 0 Å². The van der Waals surface area contributed by atoms with Gasteiger partial charge >= 0.3 is 76.1 Å². The number of thiol groups is 1. The van der Waals surface area contributed by atoms with E-state index in [1.165, 1.54) is 6.92 Å². The van der Waals surface area contributed by atoms with E-state index in [0.29, 0.717) is 34.8 Å². The average Bonchev–Trinajstić information content (AvgIpc) is 2.91. The molecular formula is C69H77AgBBr2KN2O12SSi2. The van der Waals surface area contributed by atoms with E-state index < -0.39 is 21.2 Å². The first kappa shape index (κ1) is 96.5. The van der Waals surface area contributed by atoms with Gasteiger partial charge in [0.25, 0.3) is 5.09 Å². The second-order valence-corrected chi connectivity index (χ2v) is 31.5. The Balaban J connectivity index is -0.000000230. The zero-order chi connectivity index (χ0) is 68.0. The fraction of sp³-hybridized carbons (Fsp3) is 0.290. The Morgan fingerprint density at radius 3 is 1.10 bits per heavy atom. The van der Waals surface area contributed by atoms with Crippen LogP contribution in [0.1, 0.15) is 122 Å². The maximum atomic E-state index is 11.1. The Kier molecular flexibility index (Phi) is 59.4. The van der Waals surface area contributed by atoms with Gasteiger partial charge in [0.1, 0.15) is 16.1 Å². The minimum Gasteiger partial charge on any atom is -0.870 e. The van der Waals surface area contributed by atoms with Crippen LogP contribution < -0.4 is 51.4 Å². The van der Waals surface area contributed by atoms with Gasteiger partial charge in [-0.15, -0.1) is 46.4 Å². The third-order valence-corrected chi connectivity index (χ3v) is 13.3. The van der Waals surface area contributed by atoms with Gasteiger partial charge in [0.15, 0.2) is 28.9 Å². The van der Waals surface area contributed by atoms with Crippen LogP contribution in [0.4, 0.5) is 0 Å². The molecule has 0 saturated heterocycles. The van der Waals surface area contributed by atoms with E-state index in [1.54, 1.807) is 88.4 Å². The van der Waals surface area contributed by atoms with Crippen LogP contribution in [0, 0.1) is 116 Å². The normalized spacial score (nSPS) is 12.9. The molecule has 0 heterocycles. The summed E-state index contributed by atoms with van der Waals surface area (Å²) in [6, 6.07) is 36.1. The monoisotopic (exact) mass is 1530 g/mol. The van der Waals surface area contributed by atoms with Crippen molar-refractivity contribution in [3.05, 3.63) is 186 Å². The summed E-state index contributed by atoms with van der Waals surface area (Å²) in [6.07, 6.45) is 17.3. The molecule has 22 heteroatoms. The Hall–Kier alpha value is -5.60. The topological polar surface area (TPSA) is 252 Å². The molecule has 2 radical (unpaired) electrons. The third-order valence-electron chi connectivity index (χ3n) is 10.8. The van der Waals surface area contributed by atoms with Crippen molar-refractivity contribution in [2.24, 2.45) is 28.0 Å². The second kappa shape index (κ2) is 56.0. The maximum Gasteiger partial charge on any atom is 1.00 e. The molecule has 2 unspecified atom stereocenters. The van der Waals surface area contributed by atoms with E-state index in [1.807, 2.05) is 60.7 Å². The van der Waals surface area contributed by atoms with E-state index in [-0.39, 0.29) is 121 Å². The van der Waals surface area contributed by atoms with Crippen LogP contribution in [-0.2, 0) is 22.4 Å².